The zero-order valence-electron chi connectivity index (χ0n) is 23.2. The van der Waals surface area contributed by atoms with Crippen LogP contribution in [0.3, 0.4) is 0 Å². The topological polar surface area (TPSA) is 60.6 Å². The summed E-state index contributed by atoms with van der Waals surface area (Å²) in [6, 6.07) is 6.77. The van der Waals surface area contributed by atoms with Crippen molar-refractivity contribution in [2.75, 3.05) is 33.1 Å². The van der Waals surface area contributed by atoms with Crippen LogP contribution in [0.5, 0.6) is 5.75 Å². The van der Waals surface area contributed by atoms with Crippen LogP contribution in [0.15, 0.2) is 79.4 Å². The zero-order chi connectivity index (χ0) is 26.7. The van der Waals surface area contributed by atoms with Gasteiger partial charge in [0.1, 0.15) is 12.5 Å². The molecule has 0 spiro atoms. The van der Waals surface area contributed by atoms with Gasteiger partial charge in [0.25, 0.3) is 0 Å². The standard InChI is InChI=1S/C31H40N6O2/c1-31(2,27-5-7-29-25(17-27)19-36(23-38-29)13-3-11-34-15-9-32-21-34)28-6-8-30-26(18-28)20-37(24-39-30)14-4-12-35-16-10-33-22-35/h5-10,15-18,21-22,25,29H,3-4,11-14,19-20,23-24H2,1-2H3. The molecule has 8 nitrogen and oxygen atoms in total. The lowest BCUT2D eigenvalue weighted by Crippen LogP contribution is -2.45. The summed E-state index contributed by atoms with van der Waals surface area (Å²) in [6.07, 6.45) is 20.8. The van der Waals surface area contributed by atoms with Gasteiger partial charge in [0, 0.05) is 81.0 Å². The van der Waals surface area contributed by atoms with Gasteiger partial charge in [-0.1, -0.05) is 38.1 Å². The molecular formula is C31H40N6O2. The highest BCUT2D eigenvalue weighted by Gasteiger charge is 2.34. The number of allylic oxidation sites excluding steroid dienone is 2. The van der Waals surface area contributed by atoms with E-state index in [1.54, 1.807) is 0 Å². The van der Waals surface area contributed by atoms with Crippen molar-refractivity contribution in [2.45, 2.75) is 57.8 Å². The molecule has 0 radical (unpaired) electrons. The molecule has 2 atom stereocenters. The highest BCUT2D eigenvalue weighted by molar-refractivity contribution is 5.47. The van der Waals surface area contributed by atoms with Crippen molar-refractivity contribution in [1.29, 1.82) is 0 Å². The Balaban J connectivity index is 1.08. The summed E-state index contributed by atoms with van der Waals surface area (Å²) in [5, 5.41) is 0. The largest absolute Gasteiger partial charge is 0.478 e. The average Bonchev–Trinajstić information content (AvgIpc) is 3.67. The first-order valence-electron chi connectivity index (χ1n) is 14.2. The van der Waals surface area contributed by atoms with Gasteiger partial charge in [0.2, 0.25) is 0 Å². The third-order valence-electron chi connectivity index (χ3n) is 8.40. The van der Waals surface area contributed by atoms with E-state index < -0.39 is 0 Å². The van der Waals surface area contributed by atoms with Crippen LogP contribution in [0, 0.1) is 5.92 Å². The summed E-state index contributed by atoms with van der Waals surface area (Å²) in [7, 11) is 0. The third kappa shape index (κ3) is 6.03. The van der Waals surface area contributed by atoms with E-state index in [9.17, 15) is 0 Å². The number of ether oxygens (including phenoxy) is 2. The summed E-state index contributed by atoms with van der Waals surface area (Å²) >= 11 is 0. The lowest BCUT2D eigenvalue weighted by atomic mass is 9.73. The zero-order valence-corrected chi connectivity index (χ0v) is 23.2. The molecule has 1 aromatic carbocycles. The number of benzene rings is 1. The molecule has 0 amide bonds. The molecule has 6 rings (SSSR count). The van der Waals surface area contributed by atoms with E-state index in [4.69, 9.17) is 9.47 Å². The summed E-state index contributed by atoms with van der Waals surface area (Å²) in [6.45, 7) is 12.0. The van der Waals surface area contributed by atoms with Gasteiger partial charge >= 0.3 is 0 Å². The van der Waals surface area contributed by atoms with Crippen LogP contribution in [0.2, 0.25) is 0 Å². The van der Waals surface area contributed by atoms with Crippen LogP contribution < -0.4 is 4.74 Å². The number of aromatic nitrogens is 4. The molecule has 2 unspecified atom stereocenters. The average molecular weight is 529 g/mol. The highest BCUT2D eigenvalue weighted by atomic mass is 16.5. The van der Waals surface area contributed by atoms with Crippen LogP contribution in [0.25, 0.3) is 0 Å². The van der Waals surface area contributed by atoms with Gasteiger partial charge in [0.15, 0.2) is 0 Å². The normalized spacial score (nSPS) is 21.7. The molecule has 0 saturated carbocycles. The summed E-state index contributed by atoms with van der Waals surface area (Å²) in [4.78, 5) is 13.1. The quantitative estimate of drug-likeness (QED) is 0.387. The number of hydrogen-bond acceptors (Lipinski definition) is 6. The molecule has 0 bridgehead atoms. The molecule has 2 aromatic heterocycles. The second-order valence-corrected chi connectivity index (χ2v) is 11.6. The van der Waals surface area contributed by atoms with E-state index in [2.05, 4.69) is 79.2 Å². The van der Waals surface area contributed by atoms with Crippen LogP contribution in [-0.4, -0.2) is 68.1 Å². The molecule has 0 N–H and O–H groups in total. The van der Waals surface area contributed by atoms with Crippen LogP contribution in [-0.2, 0) is 29.8 Å². The van der Waals surface area contributed by atoms with Crippen LogP contribution in [0.4, 0.5) is 0 Å². The maximum atomic E-state index is 6.24. The van der Waals surface area contributed by atoms with Gasteiger partial charge < -0.3 is 18.6 Å². The number of fused-ring (bicyclic) bond motifs is 2. The van der Waals surface area contributed by atoms with Crippen molar-refractivity contribution in [1.82, 2.24) is 28.9 Å². The van der Waals surface area contributed by atoms with Crippen LogP contribution >= 0.6 is 0 Å². The number of rotatable bonds is 10. The fraction of sp³-hybridized carbons (Fsp3) is 0.484. The first kappa shape index (κ1) is 26.0. The SMILES string of the molecule is CC(C)(C1=CC2CN(CCCn3ccnc3)COC2C=C1)c1ccc2c(c1)CN(CCCn1ccnc1)CO2. The van der Waals surface area contributed by atoms with Crippen molar-refractivity contribution < 1.29 is 9.47 Å². The Morgan fingerprint density at radius 3 is 2.38 bits per heavy atom. The van der Waals surface area contributed by atoms with Gasteiger partial charge in [-0.15, -0.1) is 0 Å². The first-order chi connectivity index (χ1) is 19.0. The van der Waals surface area contributed by atoms with Crippen molar-refractivity contribution >= 4 is 0 Å². The Bertz CT molecular complexity index is 1280. The Kier molecular flexibility index (Phi) is 7.68. The lowest BCUT2D eigenvalue weighted by Gasteiger charge is -2.40. The van der Waals surface area contributed by atoms with E-state index in [1.807, 2.05) is 37.4 Å². The number of hydrogen-bond donors (Lipinski definition) is 0. The fourth-order valence-corrected chi connectivity index (χ4v) is 5.95. The maximum absolute atomic E-state index is 6.24. The second-order valence-electron chi connectivity index (χ2n) is 11.6. The first-order valence-corrected chi connectivity index (χ1v) is 14.2. The summed E-state index contributed by atoms with van der Waals surface area (Å²) in [5.74, 6) is 1.39. The Labute approximate surface area is 231 Å². The van der Waals surface area contributed by atoms with E-state index in [-0.39, 0.29) is 11.5 Å². The molecule has 206 valence electrons. The minimum Gasteiger partial charge on any atom is -0.478 e. The van der Waals surface area contributed by atoms with E-state index in [0.29, 0.717) is 19.4 Å². The summed E-state index contributed by atoms with van der Waals surface area (Å²) in [5.41, 5.74) is 3.86. The molecule has 2 aliphatic heterocycles. The number of nitrogens with zero attached hydrogens (tertiary/aromatic N) is 6. The molecule has 3 aromatic rings. The molecule has 1 fully saturated rings. The minimum atomic E-state index is -0.107. The monoisotopic (exact) mass is 528 g/mol. The number of imidazole rings is 2. The van der Waals surface area contributed by atoms with Gasteiger partial charge in [-0.25, -0.2) is 9.97 Å². The van der Waals surface area contributed by atoms with Gasteiger partial charge in [-0.3, -0.25) is 9.80 Å². The fourth-order valence-electron chi connectivity index (χ4n) is 5.95. The van der Waals surface area contributed by atoms with Gasteiger partial charge in [-0.05, 0) is 36.1 Å². The molecule has 1 saturated heterocycles. The smallest absolute Gasteiger partial charge is 0.142 e. The lowest BCUT2D eigenvalue weighted by molar-refractivity contribution is -0.0710. The van der Waals surface area contributed by atoms with Crippen molar-refractivity contribution in [3.63, 3.8) is 0 Å². The Morgan fingerprint density at radius 1 is 0.923 bits per heavy atom. The Hall–Kier alpha value is -3.20. The predicted molar refractivity (Wildman–Crippen MR) is 151 cm³/mol. The number of aryl methyl sites for hydroxylation is 2. The van der Waals surface area contributed by atoms with E-state index >= 15 is 0 Å². The van der Waals surface area contributed by atoms with Crippen molar-refractivity contribution in [3.05, 3.63) is 90.6 Å². The third-order valence-corrected chi connectivity index (χ3v) is 8.40. The van der Waals surface area contributed by atoms with E-state index in [1.165, 1.54) is 16.7 Å². The molecule has 39 heavy (non-hydrogen) atoms. The van der Waals surface area contributed by atoms with Gasteiger partial charge in [0.05, 0.1) is 25.5 Å². The molecule has 8 heteroatoms. The highest BCUT2D eigenvalue weighted by Crippen LogP contribution is 2.39. The predicted octanol–water partition coefficient (Wildman–Crippen LogP) is 4.46. The second kappa shape index (κ2) is 11.5. The molecular weight excluding hydrogens is 488 g/mol. The van der Waals surface area contributed by atoms with Crippen molar-refractivity contribution in [3.8, 4) is 5.75 Å². The molecule has 1 aliphatic carbocycles. The van der Waals surface area contributed by atoms with Gasteiger partial charge in [-0.2, -0.15) is 0 Å². The summed E-state index contributed by atoms with van der Waals surface area (Å²) < 4.78 is 16.6. The van der Waals surface area contributed by atoms with Crippen LogP contribution in [0.1, 0.15) is 37.8 Å². The Morgan fingerprint density at radius 2 is 1.67 bits per heavy atom. The molecule has 3 aliphatic rings. The molecule has 4 heterocycles. The van der Waals surface area contributed by atoms with Crippen molar-refractivity contribution in [2.24, 2.45) is 5.92 Å². The maximum Gasteiger partial charge on any atom is 0.142 e. The minimum absolute atomic E-state index is 0.107. The van der Waals surface area contributed by atoms with E-state index in [0.717, 1.165) is 57.9 Å².